The molecule has 3 rings (SSSR count). The maximum absolute atomic E-state index is 5.81. The van der Waals surface area contributed by atoms with E-state index in [0.29, 0.717) is 6.54 Å². The molecule has 0 radical (unpaired) electrons. The van der Waals surface area contributed by atoms with Crippen LogP contribution in [0.1, 0.15) is 26.0 Å². The van der Waals surface area contributed by atoms with E-state index in [-0.39, 0.29) is 0 Å². The van der Waals surface area contributed by atoms with Gasteiger partial charge in [-0.25, -0.2) is 0 Å². The number of benzene rings is 1. The quantitative estimate of drug-likeness (QED) is 0.910. The summed E-state index contributed by atoms with van der Waals surface area (Å²) in [6.45, 7) is 7.46. The minimum Gasteiger partial charge on any atom is -0.371 e. The Balaban J connectivity index is 2.05. The lowest BCUT2D eigenvalue weighted by Crippen LogP contribution is -2.38. The molecule has 20 heavy (non-hydrogen) atoms. The standard InChI is InChI=1S/C17H23N3/c1-12-7-8-20(11-13(12)2)17-9-14(10-18)19-16-6-4-3-5-15(16)17/h3-6,9,12-13H,7-8,10-11,18H2,1-2H3. The van der Waals surface area contributed by atoms with Crippen LogP contribution in [0.2, 0.25) is 0 Å². The minimum atomic E-state index is 0.498. The molecule has 1 aliphatic heterocycles. The largest absolute Gasteiger partial charge is 0.371 e. The van der Waals surface area contributed by atoms with Gasteiger partial charge in [0.25, 0.3) is 0 Å². The maximum Gasteiger partial charge on any atom is 0.0726 e. The summed E-state index contributed by atoms with van der Waals surface area (Å²) in [5.74, 6) is 1.55. The Morgan fingerprint density at radius 1 is 1.25 bits per heavy atom. The van der Waals surface area contributed by atoms with E-state index in [1.54, 1.807) is 0 Å². The van der Waals surface area contributed by atoms with Crippen molar-refractivity contribution in [1.29, 1.82) is 0 Å². The molecule has 3 nitrogen and oxygen atoms in total. The number of aromatic nitrogens is 1. The van der Waals surface area contributed by atoms with Crippen molar-refractivity contribution >= 4 is 16.6 Å². The summed E-state index contributed by atoms with van der Waals surface area (Å²) in [6.07, 6.45) is 1.26. The van der Waals surface area contributed by atoms with E-state index in [1.165, 1.54) is 17.5 Å². The van der Waals surface area contributed by atoms with Crippen LogP contribution in [0, 0.1) is 11.8 Å². The highest BCUT2D eigenvalue weighted by Gasteiger charge is 2.24. The first-order valence-corrected chi connectivity index (χ1v) is 7.52. The molecule has 2 unspecified atom stereocenters. The summed E-state index contributed by atoms with van der Waals surface area (Å²) in [5.41, 5.74) is 9.14. The van der Waals surface area contributed by atoms with Crippen molar-refractivity contribution in [2.45, 2.75) is 26.8 Å². The lowest BCUT2D eigenvalue weighted by atomic mass is 9.88. The molecule has 1 aromatic heterocycles. The zero-order valence-corrected chi connectivity index (χ0v) is 12.3. The Hall–Kier alpha value is -1.61. The van der Waals surface area contributed by atoms with Crippen molar-refractivity contribution in [1.82, 2.24) is 4.98 Å². The van der Waals surface area contributed by atoms with Crippen molar-refractivity contribution < 1.29 is 0 Å². The van der Waals surface area contributed by atoms with E-state index in [0.717, 1.165) is 36.1 Å². The highest BCUT2D eigenvalue weighted by molar-refractivity contribution is 5.92. The first kappa shape index (κ1) is 13.4. The number of fused-ring (bicyclic) bond motifs is 1. The maximum atomic E-state index is 5.81. The first-order valence-electron chi connectivity index (χ1n) is 7.52. The number of nitrogens with two attached hydrogens (primary N) is 1. The molecule has 1 fully saturated rings. The number of piperidine rings is 1. The zero-order chi connectivity index (χ0) is 14.1. The van der Waals surface area contributed by atoms with E-state index in [1.807, 2.05) is 6.07 Å². The Morgan fingerprint density at radius 2 is 2.05 bits per heavy atom. The molecule has 0 spiro atoms. The molecule has 3 heteroatoms. The summed E-state index contributed by atoms with van der Waals surface area (Å²) in [6, 6.07) is 10.5. The topological polar surface area (TPSA) is 42.1 Å². The van der Waals surface area contributed by atoms with Gasteiger partial charge in [0.1, 0.15) is 0 Å². The summed E-state index contributed by atoms with van der Waals surface area (Å²) in [4.78, 5) is 7.14. The smallest absolute Gasteiger partial charge is 0.0726 e. The van der Waals surface area contributed by atoms with Gasteiger partial charge in [0, 0.05) is 30.7 Å². The van der Waals surface area contributed by atoms with Crippen LogP contribution in [0.15, 0.2) is 30.3 Å². The molecular weight excluding hydrogens is 246 g/mol. The van der Waals surface area contributed by atoms with Gasteiger partial charge in [0.15, 0.2) is 0 Å². The molecule has 0 bridgehead atoms. The lowest BCUT2D eigenvalue weighted by molar-refractivity contribution is 0.324. The highest BCUT2D eigenvalue weighted by Crippen LogP contribution is 2.32. The summed E-state index contributed by atoms with van der Waals surface area (Å²) in [7, 11) is 0. The normalized spacial score (nSPS) is 23.2. The molecule has 1 aliphatic rings. The lowest BCUT2D eigenvalue weighted by Gasteiger charge is -2.37. The second-order valence-corrected chi connectivity index (χ2v) is 6.04. The molecule has 0 amide bonds. The third kappa shape index (κ3) is 2.38. The zero-order valence-electron chi connectivity index (χ0n) is 12.3. The number of rotatable bonds is 2. The van der Waals surface area contributed by atoms with Crippen LogP contribution in [0.3, 0.4) is 0 Å². The van der Waals surface area contributed by atoms with E-state index < -0.39 is 0 Å². The SMILES string of the molecule is CC1CCN(c2cc(CN)nc3ccccc23)CC1C. The van der Waals surface area contributed by atoms with Gasteiger partial charge in [-0.1, -0.05) is 32.0 Å². The van der Waals surface area contributed by atoms with E-state index in [2.05, 4.69) is 48.0 Å². The molecule has 2 aromatic rings. The Bertz CT molecular complexity index is 608. The predicted molar refractivity (Wildman–Crippen MR) is 84.8 cm³/mol. The van der Waals surface area contributed by atoms with E-state index in [9.17, 15) is 0 Å². The van der Waals surface area contributed by atoms with Crippen LogP contribution in [0.25, 0.3) is 10.9 Å². The van der Waals surface area contributed by atoms with E-state index in [4.69, 9.17) is 5.73 Å². The van der Waals surface area contributed by atoms with Crippen LogP contribution in [0.5, 0.6) is 0 Å². The third-order valence-electron chi connectivity index (χ3n) is 4.63. The summed E-state index contributed by atoms with van der Waals surface area (Å²) < 4.78 is 0. The third-order valence-corrected chi connectivity index (χ3v) is 4.63. The molecular formula is C17H23N3. The number of hydrogen-bond donors (Lipinski definition) is 1. The van der Waals surface area contributed by atoms with Crippen LogP contribution < -0.4 is 10.6 Å². The van der Waals surface area contributed by atoms with Crippen molar-refractivity contribution in [2.75, 3.05) is 18.0 Å². The summed E-state index contributed by atoms with van der Waals surface area (Å²) in [5, 5.41) is 1.24. The van der Waals surface area contributed by atoms with Crippen LogP contribution in [0.4, 0.5) is 5.69 Å². The van der Waals surface area contributed by atoms with Gasteiger partial charge in [0.05, 0.1) is 11.2 Å². The van der Waals surface area contributed by atoms with Crippen LogP contribution in [-0.4, -0.2) is 18.1 Å². The van der Waals surface area contributed by atoms with Crippen molar-refractivity contribution in [3.63, 3.8) is 0 Å². The van der Waals surface area contributed by atoms with Crippen LogP contribution >= 0.6 is 0 Å². The summed E-state index contributed by atoms with van der Waals surface area (Å²) >= 11 is 0. The average Bonchev–Trinajstić information content (AvgIpc) is 2.49. The van der Waals surface area contributed by atoms with Crippen molar-refractivity contribution in [3.05, 3.63) is 36.0 Å². The Kier molecular flexibility index (Phi) is 3.62. The molecule has 2 heterocycles. The number of para-hydroxylation sites is 1. The second kappa shape index (κ2) is 5.41. The number of anilines is 1. The molecule has 0 aliphatic carbocycles. The molecule has 0 saturated carbocycles. The van der Waals surface area contributed by atoms with Crippen molar-refractivity contribution in [3.8, 4) is 0 Å². The van der Waals surface area contributed by atoms with E-state index >= 15 is 0 Å². The molecule has 2 N–H and O–H groups in total. The Morgan fingerprint density at radius 3 is 2.80 bits per heavy atom. The minimum absolute atomic E-state index is 0.498. The predicted octanol–water partition coefficient (Wildman–Crippen LogP) is 3.18. The molecule has 1 aromatic carbocycles. The average molecular weight is 269 g/mol. The highest BCUT2D eigenvalue weighted by atomic mass is 15.1. The van der Waals surface area contributed by atoms with Gasteiger partial charge < -0.3 is 10.6 Å². The number of pyridine rings is 1. The number of nitrogens with zero attached hydrogens (tertiary/aromatic N) is 2. The molecule has 106 valence electrons. The first-order chi connectivity index (χ1) is 9.69. The van der Waals surface area contributed by atoms with Gasteiger partial charge in [0.2, 0.25) is 0 Å². The molecule has 2 atom stereocenters. The van der Waals surface area contributed by atoms with Gasteiger partial charge >= 0.3 is 0 Å². The fraction of sp³-hybridized carbons (Fsp3) is 0.471. The van der Waals surface area contributed by atoms with Crippen LogP contribution in [-0.2, 0) is 6.54 Å². The van der Waals surface area contributed by atoms with Gasteiger partial charge in [-0.15, -0.1) is 0 Å². The number of hydrogen-bond acceptors (Lipinski definition) is 3. The monoisotopic (exact) mass is 269 g/mol. The van der Waals surface area contributed by atoms with Crippen molar-refractivity contribution in [2.24, 2.45) is 17.6 Å². The fourth-order valence-electron chi connectivity index (χ4n) is 3.06. The molecule has 1 saturated heterocycles. The van der Waals surface area contributed by atoms with Gasteiger partial charge in [-0.05, 0) is 30.4 Å². The fourth-order valence-corrected chi connectivity index (χ4v) is 3.06. The second-order valence-electron chi connectivity index (χ2n) is 6.04. The van der Waals surface area contributed by atoms with Gasteiger partial charge in [-0.3, -0.25) is 4.98 Å². The Labute approximate surface area is 120 Å². The van der Waals surface area contributed by atoms with Gasteiger partial charge in [-0.2, -0.15) is 0 Å².